The smallest absolute Gasteiger partial charge is 0.455 e. The van der Waals surface area contributed by atoms with Crippen LogP contribution in [0.25, 0.3) is 0 Å². The van der Waals surface area contributed by atoms with Crippen LogP contribution in [0.5, 0.6) is 0 Å². The Hall–Kier alpha value is -0.710. The summed E-state index contributed by atoms with van der Waals surface area (Å²) in [6, 6.07) is 0. The quantitative estimate of drug-likeness (QED) is 0.743. The van der Waals surface area contributed by atoms with Gasteiger partial charge in [0.15, 0.2) is 0 Å². The molecule has 0 aromatic carbocycles. The normalized spacial score (nSPS) is 19.2. The standard InChI is InChI=1S/C8H12F2O3/c9-8(10,7(11)12)13-5-6-3-1-2-4-6/h6H,1-5H2,(H,11,12). The Morgan fingerprint density at radius 2 is 2.00 bits per heavy atom. The summed E-state index contributed by atoms with van der Waals surface area (Å²) in [5.41, 5.74) is 0. The van der Waals surface area contributed by atoms with Crippen LogP contribution in [-0.2, 0) is 9.53 Å². The zero-order chi connectivity index (χ0) is 9.90. The molecule has 1 aliphatic carbocycles. The van der Waals surface area contributed by atoms with Crippen LogP contribution < -0.4 is 0 Å². The van der Waals surface area contributed by atoms with E-state index in [4.69, 9.17) is 5.11 Å². The topological polar surface area (TPSA) is 46.5 Å². The van der Waals surface area contributed by atoms with Crippen molar-refractivity contribution in [3.05, 3.63) is 0 Å². The molecule has 0 aliphatic heterocycles. The van der Waals surface area contributed by atoms with Gasteiger partial charge in [-0.25, -0.2) is 4.79 Å². The molecule has 0 atom stereocenters. The van der Waals surface area contributed by atoms with Crippen molar-refractivity contribution in [1.82, 2.24) is 0 Å². The molecule has 0 bridgehead atoms. The molecule has 1 fully saturated rings. The molecule has 76 valence electrons. The Labute approximate surface area is 74.7 Å². The maximum atomic E-state index is 12.4. The number of aliphatic carboxylic acids is 1. The van der Waals surface area contributed by atoms with Crippen molar-refractivity contribution in [2.24, 2.45) is 5.92 Å². The fourth-order valence-corrected chi connectivity index (χ4v) is 1.46. The van der Waals surface area contributed by atoms with Crippen molar-refractivity contribution in [2.75, 3.05) is 6.61 Å². The van der Waals surface area contributed by atoms with Crippen LogP contribution in [0, 0.1) is 5.92 Å². The van der Waals surface area contributed by atoms with Gasteiger partial charge in [0.05, 0.1) is 6.61 Å². The zero-order valence-corrected chi connectivity index (χ0v) is 7.13. The van der Waals surface area contributed by atoms with Crippen LogP contribution in [0.15, 0.2) is 0 Å². The molecule has 0 heterocycles. The number of rotatable bonds is 4. The lowest BCUT2D eigenvalue weighted by molar-refractivity contribution is -0.249. The molecule has 1 saturated carbocycles. The molecule has 1 rings (SSSR count). The molecular formula is C8H12F2O3. The van der Waals surface area contributed by atoms with Crippen molar-refractivity contribution < 1.29 is 23.4 Å². The van der Waals surface area contributed by atoms with Crippen LogP contribution in [-0.4, -0.2) is 23.8 Å². The van der Waals surface area contributed by atoms with Crippen molar-refractivity contribution in [3.8, 4) is 0 Å². The molecule has 0 amide bonds. The molecule has 0 spiro atoms. The molecule has 0 unspecified atom stereocenters. The lowest BCUT2D eigenvalue weighted by Crippen LogP contribution is -2.33. The molecule has 3 nitrogen and oxygen atoms in total. The second-order valence-electron chi connectivity index (χ2n) is 3.28. The summed E-state index contributed by atoms with van der Waals surface area (Å²) in [7, 11) is 0. The molecule has 13 heavy (non-hydrogen) atoms. The summed E-state index contributed by atoms with van der Waals surface area (Å²) in [5, 5.41) is 8.04. The lowest BCUT2D eigenvalue weighted by Gasteiger charge is -2.14. The fraction of sp³-hybridized carbons (Fsp3) is 0.875. The summed E-state index contributed by atoms with van der Waals surface area (Å²) in [6.45, 7) is -0.153. The minimum absolute atomic E-state index is 0.102. The summed E-state index contributed by atoms with van der Waals surface area (Å²) in [5.74, 6) is -2.12. The van der Waals surface area contributed by atoms with Gasteiger partial charge in [-0.2, -0.15) is 8.78 Å². The van der Waals surface area contributed by atoms with Gasteiger partial charge in [0, 0.05) is 0 Å². The van der Waals surface area contributed by atoms with Gasteiger partial charge in [0.1, 0.15) is 0 Å². The van der Waals surface area contributed by atoms with Crippen LogP contribution >= 0.6 is 0 Å². The van der Waals surface area contributed by atoms with Gasteiger partial charge >= 0.3 is 12.1 Å². The van der Waals surface area contributed by atoms with Crippen LogP contribution in [0.4, 0.5) is 8.78 Å². The SMILES string of the molecule is O=C(O)C(F)(F)OCC1CCCC1. The molecule has 0 saturated heterocycles. The molecule has 0 radical (unpaired) electrons. The molecular weight excluding hydrogens is 182 g/mol. The maximum absolute atomic E-state index is 12.4. The van der Waals surface area contributed by atoms with Crippen LogP contribution in [0.3, 0.4) is 0 Å². The Morgan fingerprint density at radius 3 is 2.46 bits per heavy atom. The highest BCUT2D eigenvalue weighted by Gasteiger charge is 2.41. The maximum Gasteiger partial charge on any atom is 0.455 e. The molecule has 1 aliphatic rings. The molecule has 1 N–H and O–H groups in total. The van der Waals surface area contributed by atoms with Gasteiger partial charge in [0.2, 0.25) is 0 Å². The average molecular weight is 194 g/mol. The second kappa shape index (κ2) is 4.00. The number of carbonyl (C=O) groups is 1. The predicted molar refractivity (Wildman–Crippen MR) is 40.5 cm³/mol. The van der Waals surface area contributed by atoms with Gasteiger partial charge in [0.25, 0.3) is 0 Å². The highest BCUT2D eigenvalue weighted by atomic mass is 19.3. The Bertz CT molecular complexity index is 188. The minimum atomic E-state index is -4.03. The van der Waals surface area contributed by atoms with Crippen molar-refractivity contribution in [1.29, 1.82) is 0 Å². The largest absolute Gasteiger partial charge is 0.475 e. The van der Waals surface area contributed by atoms with Crippen LogP contribution in [0.1, 0.15) is 25.7 Å². The third-order valence-electron chi connectivity index (χ3n) is 2.22. The Morgan fingerprint density at radius 1 is 1.46 bits per heavy atom. The van der Waals surface area contributed by atoms with E-state index < -0.39 is 12.1 Å². The summed E-state index contributed by atoms with van der Waals surface area (Å²) >= 11 is 0. The number of hydrogen-bond acceptors (Lipinski definition) is 2. The van der Waals surface area contributed by atoms with E-state index in [0.717, 1.165) is 25.7 Å². The van der Waals surface area contributed by atoms with Crippen molar-refractivity contribution in [2.45, 2.75) is 31.8 Å². The highest BCUT2D eigenvalue weighted by Crippen LogP contribution is 2.27. The average Bonchev–Trinajstić information content (AvgIpc) is 2.52. The Balaban J connectivity index is 2.28. The number of hydrogen-bond donors (Lipinski definition) is 1. The van der Waals surface area contributed by atoms with Crippen LogP contribution in [0.2, 0.25) is 0 Å². The molecule has 0 aromatic rings. The van der Waals surface area contributed by atoms with Gasteiger partial charge in [-0.3, -0.25) is 0 Å². The van der Waals surface area contributed by atoms with E-state index in [0.29, 0.717) is 0 Å². The van der Waals surface area contributed by atoms with Crippen molar-refractivity contribution >= 4 is 5.97 Å². The van der Waals surface area contributed by atoms with E-state index >= 15 is 0 Å². The number of carboxylic acid groups (broad SMARTS) is 1. The van der Waals surface area contributed by atoms with Gasteiger partial charge in [-0.1, -0.05) is 12.8 Å². The first kappa shape index (κ1) is 10.4. The third kappa shape index (κ3) is 2.91. The van der Waals surface area contributed by atoms with E-state index in [2.05, 4.69) is 4.74 Å². The van der Waals surface area contributed by atoms with E-state index in [1.54, 1.807) is 0 Å². The van der Waals surface area contributed by atoms with Gasteiger partial charge < -0.3 is 9.84 Å². The van der Waals surface area contributed by atoms with Gasteiger partial charge in [-0.15, -0.1) is 0 Å². The van der Waals surface area contributed by atoms with Crippen molar-refractivity contribution in [3.63, 3.8) is 0 Å². The van der Waals surface area contributed by atoms with Gasteiger partial charge in [-0.05, 0) is 18.8 Å². The highest BCUT2D eigenvalue weighted by molar-refractivity contribution is 5.73. The number of alkyl halides is 2. The fourth-order valence-electron chi connectivity index (χ4n) is 1.46. The first-order valence-corrected chi connectivity index (χ1v) is 4.27. The zero-order valence-electron chi connectivity index (χ0n) is 7.13. The molecule has 5 heteroatoms. The number of ether oxygens (including phenoxy) is 1. The summed E-state index contributed by atoms with van der Waals surface area (Å²) < 4.78 is 28.8. The number of carboxylic acids is 1. The lowest BCUT2D eigenvalue weighted by atomic mass is 10.1. The monoisotopic (exact) mass is 194 g/mol. The summed E-state index contributed by atoms with van der Waals surface area (Å²) in [4.78, 5) is 9.95. The first-order chi connectivity index (χ1) is 6.02. The van der Waals surface area contributed by atoms with E-state index in [1.165, 1.54) is 0 Å². The van der Waals surface area contributed by atoms with E-state index in [1.807, 2.05) is 0 Å². The van der Waals surface area contributed by atoms with E-state index in [-0.39, 0.29) is 12.5 Å². The number of halogens is 2. The molecule has 0 aromatic heterocycles. The Kier molecular flexibility index (Phi) is 3.19. The minimum Gasteiger partial charge on any atom is -0.475 e. The third-order valence-corrected chi connectivity index (χ3v) is 2.22. The predicted octanol–water partition coefficient (Wildman–Crippen LogP) is 1.87. The second-order valence-corrected chi connectivity index (χ2v) is 3.28. The summed E-state index contributed by atoms with van der Waals surface area (Å²) in [6.07, 6.45) is -0.271. The first-order valence-electron chi connectivity index (χ1n) is 4.27. The van der Waals surface area contributed by atoms with E-state index in [9.17, 15) is 13.6 Å².